The van der Waals surface area contributed by atoms with E-state index in [9.17, 15) is 9.18 Å². The van der Waals surface area contributed by atoms with E-state index in [4.69, 9.17) is 11.6 Å². The van der Waals surface area contributed by atoms with Gasteiger partial charge in [-0.15, -0.1) is 11.6 Å². The smallest absolute Gasteiger partial charge is 0.151 e. The molecular formula is C11H11BrClFO. The van der Waals surface area contributed by atoms with Gasteiger partial charge in [-0.05, 0) is 12.5 Å². The number of carbonyl (C=O) groups excluding carboxylic acids is 1. The van der Waals surface area contributed by atoms with E-state index < -0.39 is 4.83 Å². The summed E-state index contributed by atoms with van der Waals surface area (Å²) >= 11 is 8.69. The Morgan fingerprint density at radius 3 is 2.73 bits per heavy atom. The summed E-state index contributed by atoms with van der Waals surface area (Å²) in [5.74, 6) is 0.0438. The Morgan fingerprint density at radius 2 is 2.13 bits per heavy atom. The Bertz CT molecular complexity index is 343. The number of Topliss-reactive ketones (excluding diaryl/α,β-unsaturated/α-hetero) is 1. The molecule has 1 aromatic rings. The van der Waals surface area contributed by atoms with E-state index in [1.165, 1.54) is 6.07 Å². The van der Waals surface area contributed by atoms with Crippen molar-refractivity contribution in [3.05, 3.63) is 35.6 Å². The second-order valence-electron chi connectivity index (χ2n) is 3.14. The molecule has 0 spiro atoms. The van der Waals surface area contributed by atoms with Crippen molar-refractivity contribution in [1.29, 1.82) is 0 Å². The van der Waals surface area contributed by atoms with Gasteiger partial charge in [0.15, 0.2) is 5.78 Å². The van der Waals surface area contributed by atoms with E-state index >= 15 is 0 Å². The van der Waals surface area contributed by atoms with Crippen molar-refractivity contribution in [2.24, 2.45) is 0 Å². The first kappa shape index (κ1) is 12.7. The summed E-state index contributed by atoms with van der Waals surface area (Å²) in [5, 5.41) is 0. The minimum absolute atomic E-state index is 0.0410. The number of carbonyl (C=O) groups is 1. The lowest BCUT2D eigenvalue weighted by Gasteiger charge is -2.09. The largest absolute Gasteiger partial charge is 0.298 e. The van der Waals surface area contributed by atoms with Crippen LogP contribution in [0.4, 0.5) is 4.39 Å². The number of rotatable bonds is 5. The average Bonchev–Trinajstić information content (AvgIpc) is 2.25. The molecule has 0 saturated heterocycles. The Morgan fingerprint density at radius 1 is 1.47 bits per heavy atom. The van der Waals surface area contributed by atoms with Crippen molar-refractivity contribution in [1.82, 2.24) is 0 Å². The lowest BCUT2D eigenvalue weighted by Crippen LogP contribution is -2.08. The third-order valence-electron chi connectivity index (χ3n) is 2.02. The second-order valence-corrected chi connectivity index (χ2v) is 4.44. The van der Waals surface area contributed by atoms with Gasteiger partial charge >= 0.3 is 0 Å². The standard InChI is InChI=1S/C11H11BrClFO/c12-11(10(15)6-3-7-13)8-4-1-2-5-9(8)14/h1-2,4-5,11H,3,6-7H2. The normalized spacial score (nSPS) is 12.5. The van der Waals surface area contributed by atoms with Crippen LogP contribution in [0.15, 0.2) is 24.3 Å². The van der Waals surface area contributed by atoms with Gasteiger partial charge in [-0.3, -0.25) is 4.79 Å². The first-order valence-electron chi connectivity index (χ1n) is 4.64. The summed E-state index contributed by atoms with van der Waals surface area (Å²) in [6.45, 7) is 0. The van der Waals surface area contributed by atoms with Crippen LogP contribution < -0.4 is 0 Å². The van der Waals surface area contributed by atoms with E-state index in [1.807, 2.05) is 0 Å². The quantitative estimate of drug-likeness (QED) is 0.754. The molecule has 1 atom stereocenters. The molecule has 15 heavy (non-hydrogen) atoms. The van der Waals surface area contributed by atoms with E-state index in [0.717, 1.165) is 0 Å². The zero-order valence-electron chi connectivity index (χ0n) is 8.05. The van der Waals surface area contributed by atoms with E-state index in [-0.39, 0.29) is 11.6 Å². The van der Waals surface area contributed by atoms with Crippen molar-refractivity contribution < 1.29 is 9.18 Å². The fraction of sp³-hybridized carbons (Fsp3) is 0.364. The molecule has 0 fully saturated rings. The maximum atomic E-state index is 13.3. The van der Waals surface area contributed by atoms with Crippen LogP contribution in [0.3, 0.4) is 0 Å². The van der Waals surface area contributed by atoms with E-state index in [0.29, 0.717) is 24.3 Å². The Kier molecular flexibility index (Phi) is 5.26. The highest BCUT2D eigenvalue weighted by Crippen LogP contribution is 2.27. The van der Waals surface area contributed by atoms with Gasteiger partial charge < -0.3 is 0 Å². The summed E-state index contributed by atoms with van der Waals surface area (Å²) in [4.78, 5) is 11.0. The molecule has 1 nitrogen and oxygen atoms in total. The van der Waals surface area contributed by atoms with Gasteiger partial charge in [0, 0.05) is 17.9 Å². The molecule has 82 valence electrons. The minimum atomic E-state index is -0.568. The van der Waals surface area contributed by atoms with Gasteiger partial charge in [0.2, 0.25) is 0 Å². The van der Waals surface area contributed by atoms with Crippen LogP contribution in [-0.2, 0) is 4.79 Å². The van der Waals surface area contributed by atoms with Gasteiger partial charge in [0.05, 0.1) is 0 Å². The summed E-state index contributed by atoms with van der Waals surface area (Å²) in [5.41, 5.74) is 0.386. The Labute approximate surface area is 102 Å². The SMILES string of the molecule is O=C(CCCCl)C(Br)c1ccccc1F. The molecule has 0 aromatic heterocycles. The number of halogens is 3. The van der Waals surface area contributed by atoms with Gasteiger partial charge in [-0.1, -0.05) is 34.1 Å². The van der Waals surface area contributed by atoms with Gasteiger partial charge in [-0.25, -0.2) is 4.39 Å². The summed E-state index contributed by atoms with van der Waals surface area (Å²) < 4.78 is 13.3. The van der Waals surface area contributed by atoms with E-state index in [2.05, 4.69) is 15.9 Å². The molecule has 1 rings (SSSR count). The third-order valence-corrected chi connectivity index (χ3v) is 3.29. The van der Waals surface area contributed by atoms with Crippen LogP contribution in [0, 0.1) is 5.82 Å². The molecule has 0 amide bonds. The van der Waals surface area contributed by atoms with Crippen molar-refractivity contribution in [3.63, 3.8) is 0 Å². The molecule has 0 aliphatic carbocycles. The molecule has 0 N–H and O–H groups in total. The third kappa shape index (κ3) is 3.58. The number of hydrogen-bond acceptors (Lipinski definition) is 1. The summed E-state index contributed by atoms with van der Waals surface area (Å²) in [6, 6.07) is 6.26. The van der Waals surface area contributed by atoms with Crippen molar-refractivity contribution >= 4 is 33.3 Å². The molecule has 1 aromatic carbocycles. The first-order chi connectivity index (χ1) is 7.16. The van der Waals surface area contributed by atoms with Crippen LogP contribution in [0.2, 0.25) is 0 Å². The van der Waals surface area contributed by atoms with Crippen LogP contribution in [0.5, 0.6) is 0 Å². The van der Waals surface area contributed by atoms with Gasteiger partial charge in [0.1, 0.15) is 10.6 Å². The predicted octanol–water partition coefficient (Wildman–Crippen LogP) is 3.85. The molecule has 0 saturated carbocycles. The van der Waals surface area contributed by atoms with Crippen LogP contribution >= 0.6 is 27.5 Å². The number of ketones is 1. The van der Waals surface area contributed by atoms with Gasteiger partial charge in [0.25, 0.3) is 0 Å². The molecule has 0 heterocycles. The molecule has 0 radical (unpaired) electrons. The number of alkyl halides is 2. The highest BCUT2D eigenvalue weighted by Gasteiger charge is 2.19. The zero-order chi connectivity index (χ0) is 11.3. The lowest BCUT2D eigenvalue weighted by atomic mass is 10.1. The molecule has 0 bridgehead atoms. The summed E-state index contributed by atoms with van der Waals surface area (Å²) in [6.07, 6.45) is 0.991. The fourth-order valence-corrected chi connectivity index (χ4v) is 1.96. The first-order valence-corrected chi connectivity index (χ1v) is 6.09. The van der Waals surface area contributed by atoms with Gasteiger partial charge in [-0.2, -0.15) is 0 Å². The molecule has 0 aliphatic rings. The van der Waals surface area contributed by atoms with Crippen molar-refractivity contribution in [2.45, 2.75) is 17.7 Å². The second kappa shape index (κ2) is 6.23. The topological polar surface area (TPSA) is 17.1 Å². The van der Waals surface area contributed by atoms with Crippen LogP contribution in [0.25, 0.3) is 0 Å². The zero-order valence-corrected chi connectivity index (χ0v) is 10.4. The van der Waals surface area contributed by atoms with Crippen LogP contribution in [0.1, 0.15) is 23.2 Å². The van der Waals surface area contributed by atoms with E-state index in [1.54, 1.807) is 18.2 Å². The molecule has 4 heteroatoms. The van der Waals surface area contributed by atoms with Crippen LogP contribution in [-0.4, -0.2) is 11.7 Å². The average molecular weight is 294 g/mol. The minimum Gasteiger partial charge on any atom is -0.298 e. The van der Waals surface area contributed by atoms with Crippen molar-refractivity contribution in [2.75, 3.05) is 5.88 Å². The predicted molar refractivity (Wildman–Crippen MR) is 63.0 cm³/mol. The summed E-state index contributed by atoms with van der Waals surface area (Å²) in [7, 11) is 0. The lowest BCUT2D eigenvalue weighted by molar-refractivity contribution is -0.118. The fourth-order valence-electron chi connectivity index (χ4n) is 1.22. The number of hydrogen-bond donors (Lipinski definition) is 0. The maximum absolute atomic E-state index is 13.3. The Balaban J connectivity index is 2.72. The van der Waals surface area contributed by atoms with Crippen molar-refractivity contribution in [3.8, 4) is 0 Å². The molecule has 1 unspecified atom stereocenters. The highest BCUT2D eigenvalue weighted by atomic mass is 79.9. The molecular weight excluding hydrogens is 282 g/mol. The highest BCUT2D eigenvalue weighted by molar-refractivity contribution is 9.09. The monoisotopic (exact) mass is 292 g/mol. The number of benzene rings is 1. The molecule has 0 aliphatic heterocycles. The Hall–Kier alpha value is -0.410. The maximum Gasteiger partial charge on any atom is 0.151 e.